The molecule has 2 aromatic rings. The van der Waals surface area contributed by atoms with Gasteiger partial charge in [0.1, 0.15) is 11.4 Å². The van der Waals surface area contributed by atoms with E-state index in [2.05, 4.69) is 15.0 Å². The van der Waals surface area contributed by atoms with Crippen LogP contribution < -0.4 is 15.8 Å². The van der Waals surface area contributed by atoms with Crippen molar-refractivity contribution in [1.82, 2.24) is 5.32 Å². The molecule has 0 saturated carbocycles. The summed E-state index contributed by atoms with van der Waals surface area (Å²) >= 11 is 1.43. The van der Waals surface area contributed by atoms with E-state index in [-0.39, 0.29) is 48.8 Å². The van der Waals surface area contributed by atoms with Gasteiger partial charge in [0.2, 0.25) is 0 Å². The van der Waals surface area contributed by atoms with E-state index in [9.17, 15) is 18.3 Å². The van der Waals surface area contributed by atoms with Crippen LogP contribution in [0.15, 0.2) is 46.8 Å². The standard InChI is InChI=1S/C16H18F3N3O2S.HI/c1-15(23,13-3-2-8-25-13)10-22-14(20)21-9-11-4-6-12(7-5-11)24-16(17,18)19;/h2-8,23H,9-10H2,1H3,(H3,20,21,22);1H. The Morgan fingerprint density at radius 3 is 2.46 bits per heavy atom. The zero-order valence-corrected chi connectivity index (χ0v) is 16.9. The first kappa shape index (κ1) is 22.5. The predicted octanol–water partition coefficient (Wildman–Crippen LogP) is 3.58. The number of hydrogen-bond donors (Lipinski definition) is 3. The lowest BCUT2D eigenvalue weighted by molar-refractivity contribution is -0.274. The summed E-state index contributed by atoms with van der Waals surface area (Å²) in [6.45, 7) is 2.03. The van der Waals surface area contributed by atoms with E-state index in [4.69, 9.17) is 5.73 Å². The smallest absolute Gasteiger partial charge is 0.406 e. The maximum atomic E-state index is 12.1. The lowest BCUT2D eigenvalue weighted by atomic mass is 10.1. The molecule has 0 aliphatic rings. The van der Waals surface area contributed by atoms with Crippen LogP contribution in [-0.2, 0) is 12.1 Å². The molecule has 0 bridgehead atoms. The fourth-order valence-electron chi connectivity index (χ4n) is 1.96. The summed E-state index contributed by atoms with van der Waals surface area (Å²) in [7, 11) is 0. The molecule has 1 atom stereocenters. The van der Waals surface area contributed by atoms with Gasteiger partial charge in [-0.05, 0) is 36.1 Å². The number of halogens is 4. The Kier molecular flexibility index (Phi) is 8.15. The van der Waals surface area contributed by atoms with Crippen LogP contribution in [0, 0.1) is 0 Å². The molecule has 0 radical (unpaired) electrons. The van der Waals surface area contributed by atoms with Crippen LogP contribution in [0.2, 0.25) is 0 Å². The minimum Gasteiger partial charge on any atom is -0.406 e. The summed E-state index contributed by atoms with van der Waals surface area (Å²) in [5.41, 5.74) is 5.35. The van der Waals surface area contributed by atoms with Crippen molar-refractivity contribution in [3.63, 3.8) is 0 Å². The molecule has 0 saturated heterocycles. The van der Waals surface area contributed by atoms with Gasteiger partial charge in [-0.25, -0.2) is 4.99 Å². The van der Waals surface area contributed by atoms with E-state index in [1.54, 1.807) is 6.92 Å². The van der Waals surface area contributed by atoms with Crippen molar-refractivity contribution in [2.75, 3.05) is 6.54 Å². The number of nitrogens with zero attached hydrogens (tertiary/aromatic N) is 1. The highest BCUT2D eigenvalue weighted by Gasteiger charge is 2.30. The van der Waals surface area contributed by atoms with Crippen LogP contribution in [0.1, 0.15) is 17.4 Å². The van der Waals surface area contributed by atoms with E-state index in [0.29, 0.717) is 5.56 Å². The van der Waals surface area contributed by atoms with Crippen LogP contribution in [0.25, 0.3) is 0 Å². The van der Waals surface area contributed by atoms with Crippen molar-refractivity contribution in [2.45, 2.75) is 25.4 Å². The molecule has 0 aliphatic heterocycles. The van der Waals surface area contributed by atoms with Crippen molar-refractivity contribution in [2.24, 2.45) is 10.7 Å². The molecule has 2 rings (SSSR count). The molecule has 0 aliphatic carbocycles. The molecule has 144 valence electrons. The molecule has 26 heavy (non-hydrogen) atoms. The van der Waals surface area contributed by atoms with Gasteiger partial charge in [0.25, 0.3) is 0 Å². The Labute approximate surface area is 170 Å². The van der Waals surface area contributed by atoms with Crippen LogP contribution in [0.4, 0.5) is 13.2 Å². The number of nitrogens with one attached hydrogen (secondary N) is 1. The van der Waals surface area contributed by atoms with E-state index < -0.39 is 12.0 Å². The Morgan fingerprint density at radius 1 is 1.27 bits per heavy atom. The number of aliphatic hydroxyl groups is 1. The van der Waals surface area contributed by atoms with Gasteiger partial charge in [-0.1, -0.05) is 18.2 Å². The third-order valence-corrected chi connectivity index (χ3v) is 4.38. The highest BCUT2D eigenvalue weighted by Crippen LogP contribution is 2.24. The van der Waals surface area contributed by atoms with Gasteiger partial charge in [0.15, 0.2) is 5.96 Å². The van der Waals surface area contributed by atoms with Gasteiger partial charge in [-0.3, -0.25) is 0 Å². The maximum Gasteiger partial charge on any atom is 0.573 e. The van der Waals surface area contributed by atoms with Crippen molar-refractivity contribution in [3.8, 4) is 5.75 Å². The number of rotatable bonds is 6. The molecule has 0 spiro atoms. The first-order chi connectivity index (χ1) is 11.7. The average molecular weight is 501 g/mol. The summed E-state index contributed by atoms with van der Waals surface area (Å²) in [5, 5.41) is 15.1. The molecule has 4 N–H and O–H groups in total. The quantitative estimate of drug-likeness (QED) is 0.321. The molecule has 5 nitrogen and oxygen atoms in total. The minimum absolute atomic E-state index is 0. The molecule has 1 unspecified atom stereocenters. The molecule has 10 heteroatoms. The van der Waals surface area contributed by atoms with Gasteiger partial charge >= 0.3 is 6.36 Å². The summed E-state index contributed by atoms with van der Waals surface area (Å²) in [4.78, 5) is 4.89. The van der Waals surface area contributed by atoms with Gasteiger partial charge in [0, 0.05) is 4.88 Å². The summed E-state index contributed by atoms with van der Waals surface area (Å²) in [5.74, 6) is -0.161. The molecule has 0 fully saturated rings. The minimum atomic E-state index is -4.71. The number of alkyl halides is 3. The maximum absolute atomic E-state index is 12.1. The fraction of sp³-hybridized carbons (Fsp3) is 0.312. The first-order valence-electron chi connectivity index (χ1n) is 7.30. The number of ether oxygens (including phenoxy) is 1. The Bertz CT molecular complexity index is 705. The van der Waals surface area contributed by atoms with Gasteiger partial charge in [0.05, 0.1) is 13.1 Å². The number of benzene rings is 1. The van der Waals surface area contributed by atoms with Gasteiger partial charge < -0.3 is 20.9 Å². The van der Waals surface area contributed by atoms with E-state index in [1.165, 1.54) is 35.6 Å². The largest absolute Gasteiger partial charge is 0.573 e. The molecule has 0 amide bonds. The Morgan fingerprint density at radius 2 is 1.92 bits per heavy atom. The zero-order valence-electron chi connectivity index (χ0n) is 13.8. The van der Waals surface area contributed by atoms with Gasteiger partial charge in [-0.15, -0.1) is 48.5 Å². The average Bonchev–Trinajstić information content (AvgIpc) is 3.06. The van der Waals surface area contributed by atoms with Crippen molar-refractivity contribution in [3.05, 3.63) is 52.2 Å². The number of aliphatic imine (C=N–C) groups is 1. The third kappa shape index (κ3) is 7.38. The summed E-state index contributed by atoms with van der Waals surface area (Å²) in [6, 6.07) is 9.04. The predicted molar refractivity (Wildman–Crippen MR) is 106 cm³/mol. The normalized spacial score (nSPS) is 14.3. The molecule has 1 heterocycles. The first-order valence-corrected chi connectivity index (χ1v) is 8.18. The molecular weight excluding hydrogens is 482 g/mol. The van der Waals surface area contributed by atoms with E-state index in [1.807, 2.05) is 17.5 Å². The van der Waals surface area contributed by atoms with Crippen molar-refractivity contribution >= 4 is 41.3 Å². The monoisotopic (exact) mass is 501 g/mol. The SMILES string of the molecule is CC(O)(CNC(N)=NCc1ccc(OC(F)(F)F)cc1)c1cccs1.I. The lowest BCUT2D eigenvalue weighted by Gasteiger charge is -2.22. The second-order valence-corrected chi connectivity index (χ2v) is 6.45. The summed E-state index contributed by atoms with van der Waals surface area (Å²) < 4.78 is 40.1. The number of guanidine groups is 1. The highest BCUT2D eigenvalue weighted by molar-refractivity contribution is 14.0. The second kappa shape index (κ2) is 9.42. The van der Waals surface area contributed by atoms with E-state index in [0.717, 1.165) is 4.88 Å². The van der Waals surface area contributed by atoms with Crippen LogP contribution in [0.5, 0.6) is 5.75 Å². The van der Waals surface area contributed by atoms with Crippen molar-refractivity contribution < 1.29 is 23.0 Å². The topological polar surface area (TPSA) is 79.9 Å². The Hall–Kier alpha value is -1.53. The second-order valence-electron chi connectivity index (χ2n) is 5.50. The molecular formula is C16H19F3IN3O2S. The van der Waals surface area contributed by atoms with Crippen LogP contribution >= 0.6 is 35.3 Å². The number of nitrogens with two attached hydrogens (primary N) is 1. The highest BCUT2D eigenvalue weighted by atomic mass is 127. The summed E-state index contributed by atoms with van der Waals surface area (Å²) in [6.07, 6.45) is -4.71. The number of hydrogen-bond acceptors (Lipinski definition) is 4. The number of thiophene rings is 1. The van der Waals surface area contributed by atoms with Gasteiger partial charge in [-0.2, -0.15) is 0 Å². The molecule has 1 aromatic heterocycles. The van der Waals surface area contributed by atoms with Crippen LogP contribution in [0.3, 0.4) is 0 Å². The van der Waals surface area contributed by atoms with E-state index >= 15 is 0 Å². The van der Waals surface area contributed by atoms with Crippen LogP contribution in [-0.4, -0.2) is 24.0 Å². The van der Waals surface area contributed by atoms with Crippen molar-refractivity contribution in [1.29, 1.82) is 0 Å². The Balaban J connectivity index is 0.00000338. The fourth-order valence-corrected chi connectivity index (χ4v) is 2.75. The molecule has 1 aromatic carbocycles. The zero-order chi connectivity index (χ0) is 18.5. The third-order valence-electron chi connectivity index (χ3n) is 3.25. The lowest BCUT2D eigenvalue weighted by Crippen LogP contribution is -2.41.